The second-order valence-corrected chi connectivity index (χ2v) is 5.81. The van der Waals surface area contributed by atoms with Crippen molar-refractivity contribution in [3.8, 4) is 5.88 Å². The van der Waals surface area contributed by atoms with Crippen LogP contribution in [0.2, 0.25) is 0 Å². The number of nitrogens with one attached hydrogen (secondary N) is 1. The maximum atomic E-state index is 11.8. The number of aliphatic hydroxyl groups is 1. The van der Waals surface area contributed by atoms with Gasteiger partial charge >= 0.3 is 0 Å². The van der Waals surface area contributed by atoms with E-state index in [-0.39, 0.29) is 23.8 Å². The van der Waals surface area contributed by atoms with Crippen molar-refractivity contribution in [2.45, 2.75) is 70.8 Å². The van der Waals surface area contributed by atoms with Crippen LogP contribution in [0.1, 0.15) is 70.3 Å². The molecule has 1 aliphatic heterocycles. The first-order valence-corrected chi connectivity index (χ1v) is 9.13. The summed E-state index contributed by atoms with van der Waals surface area (Å²) in [6.45, 7) is 4.00. The van der Waals surface area contributed by atoms with Crippen LogP contribution in [0, 0.1) is 0 Å². The summed E-state index contributed by atoms with van der Waals surface area (Å²) >= 11 is 0. The summed E-state index contributed by atoms with van der Waals surface area (Å²) in [4.78, 5) is 27.3. The molecule has 6 heteroatoms. The summed E-state index contributed by atoms with van der Waals surface area (Å²) < 4.78 is 5.88. The van der Waals surface area contributed by atoms with Gasteiger partial charge in [-0.05, 0) is 37.7 Å². The van der Waals surface area contributed by atoms with Crippen LogP contribution in [0.15, 0.2) is 18.3 Å². The summed E-state index contributed by atoms with van der Waals surface area (Å²) in [6.07, 6.45) is 8.82. The number of aromatic nitrogens is 1. The van der Waals surface area contributed by atoms with Gasteiger partial charge < -0.3 is 9.84 Å². The van der Waals surface area contributed by atoms with Crippen molar-refractivity contribution < 1.29 is 19.4 Å². The van der Waals surface area contributed by atoms with Gasteiger partial charge in [0.1, 0.15) is 6.10 Å². The number of carbonyl (C=O) groups excluding carboxylic acids is 2. The summed E-state index contributed by atoms with van der Waals surface area (Å²) in [5.41, 5.74) is 0.844. The molecule has 2 fully saturated rings. The molecule has 25 heavy (non-hydrogen) atoms. The molecule has 1 saturated carbocycles. The molecule has 1 saturated heterocycles. The van der Waals surface area contributed by atoms with E-state index in [1.807, 2.05) is 26.0 Å². The second-order valence-electron chi connectivity index (χ2n) is 5.81. The molecule has 2 amide bonds. The van der Waals surface area contributed by atoms with E-state index >= 15 is 0 Å². The fourth-order valence-corrected chi connectivity index (χ4v) is 3.03. The van der Waals surface area contributed by atoms with Crippen molar-refractivity contribution in [1.29, 1.82) is 0 Å². The fraction of sp³-hybridized carbons (Fsp3) is 0.632. The van der Waals surface area contributed by atoms with E-state index in [0.29, 0.717) is 18.7 Å². The number of rotatable bonds is 3. The maximum absolute atomic E-state index is 11.8. The molecule has 0 spiro atoms. The third kappa shape index (κ3) is 6.46. The molecule has 1 unspecified atom stereocenters. The lowest BCUT2D eigenvalue weighted by molar-refractivity contribution is -0.134. The Morgan fingerprint density at radius 1 is 1.08 bits per heavy atom. The minimum absolute atomic E-state index is 0.193. The Morgan fingerprint density at radius 2 is 1.76 bits per heavy atom. The number of carbonyl (C=O) groups is 2. The van der Waals surface area contributed by atoms with Gasteiger partial charge in [0.25, 0.3) is 0 Å². The van der Waals surface area contributed by atoms with Gasteiger partial charge in [0, 0.05) is 25.8 Å². The van der Waals surface area contributed by atoms with E-state index < -0.39 is 0 Å². The topological polar surface area (TPSA) is 88.5 Å². The Morgan fingerprint density at radius 3 is 2.32 bits per heavy atom. The predicted molar refractivity (Wildman–Crippen MR) is 96.4 cm³/mol. The Bertz CT molecular complexity index is 525. The van der Waals surface area contributed by atoms with Crippen LogP contribution in [-0.2, 0) is 9.59 Å². The smallest absolute Gasteiger partial charge is 0.234 e. The molecular formula is C19H30N2O4. The fourth-order valence-electron chi connectivity index (χ4n) is 3.03. The molecule has 0 aromatic carbocycles. The van der Waals surface area contributed by atoms with Crippen molar-refractivity contribution in [3.05, 3.63) is 23.9 Å². The van der Waals surface area contributed by atoms with Gasteiger partial charge in [-0.15, -0.1) is 0 Å². The average molecular weight is 350 g/mol. The van der Waals surface area contributed by atoms with E-state index in [0.717, 1.165) is 25.5 Å². The number of imide groups is 1. The van der Waals surface area contributed by atoms with Crippen molar-refractivity contribution >= 4 is 11.8 Å². The molecule has 0 radical (unpaired) electrons. The zero-order valence-electron chi connectivity index (χ0n) is 15.5. The molecule has 1 aliphatic carbocycles. The number of ether oxygens (including phenoxy) is 1. The molecule has 2 N–H and O–H groups in total. The highest BCUT2D eigenvalue weighted by molar-refractivity contribution is 6.00. The van der Waals surface area contributed by atoms with Crippen molar-refractivity contribution in [2.75, 3.05) is 7.11 Å². The SMILES string of the molecule is CC.CO.O=C1CCC(c2ccc(OC3CCCCC3)nc2)C(=O)N1. The summed E-state index contributed by atoms with van der Waals surface area (Å²) in [7, 11) is 1.00. The zero-order chi connectivity index (χ0) is 18.7. The van der Waals surface area contributed by atoms with Crippen LogP contribution in [0.5, 0.6) is 5.88 Å². The number of pyridine rings is 1. The van der Waals surface area contributed by atoms with Gasteiger partial charge in [-0.25, -0.2) is 4.98 Å². The zero-order valence-corrected chi connectivity index (χ0v) is 15.5. The molecule has 2 aliphatic rings. The number of nitrogens with zero attached hydrogens (tertiary/aromatic N) is 1. The van der Waals surface area contributed by atoms with Gasteiger partial charge in [0.05, 0.1) is 5.92 Å². The first-order chi connectivity index (χ1) is 12.2. The minimum Gasteiger partial charge on any atom is -0.474 e. The Hall–Kier alpha value is -1.95. The number of piperidine rings is 1. The van der Waals surface area contributed by atoms with Gasteiger partial charge in [-0.1, -0.05) is 26.3 Å². The lowest BCUT2D eigenvalue weighted by Gasteiger charge is -2.23. The van der Waals surface area contributed by atoms with Crippen LogP contribution >= 0.6 is 0 Å². The first kappa shape index (κ1) is 21.1. The lowest BCUT2D eigenvalue weighted by atomic mass is 9.92. The predicted octanol–water partition coefficient (Wildman–Crippen LogP) is 2.95. The van der Waals surface area contributed by atoms with Gasteiger partial charge in [0.2, 0.25) is 17.7 Å². The van der Waals surface area contributed by atoms with Crippen LogP contribution in [-0.4, -0.2) is 35.1 Å². The molecule has 1 aromatic heterocycles. The van der Waals surface area contributed by atoms with E-state index in [1.54, 1.807) is 6.20 Å². The third-order valence-electron chi connectivity index (χ3n) is 4.24. The molecule has 2 heterocycles. The molecule has 0 bridgehead atoms. The molecular weight excluding hydrogens is 320 g/mol. The van der Waals surface area contributed by atoms with Crippen LogP contribution in [0.4, 0.5) is 0 Å². The highest BCUT2D eigenvalue weighted by Crippen LogP contribution is 2.26. The number of hydrogen-bond acceptors (Lipinski definition) is 5. The summed E-state index contributed by atoms with van der Waals surface area (Å²) in [6, 6.07) is 3.71. The highest BCUT2D eigenvalue weighted by atomic mass is 16.5. The van der Waals surface area contributed by atoms with Crippen LogP contribution in [0.25, 0.3) is 0 Å². The van der Waals surface area contributed by atoms with Crippen molar-refractivity contribution in [3.63, 3.8) is 0 Å². The number of hydrogen-bond donors (Lipinski definition) is 2. The Kier molecular flexibility index (Phi) is 9.77. The van der Waals surface area contributed by atoms with E-state index in [1.165, 1.54) is 19.3 Å². The quantitative estimate of drug-likeness (QED) is 0.818. The summed E-state index contributed by atoms with van der Waals surface area (Å²) in [5.74, 6) is -0.0765. The second kappa shape index (κ2) is 11.6. The van der Waals surface area contributed by atoms with E-state index in [9.17, 15) is 9.59 Å². The number of aliphatic hydroxyl groups excluding tert-OH is 1. The maximum Gasteiger partial charge on any atom is 0.234 e. The van der Waals surface area contributed by atoms with Crippen molar-refractivity contribution in [2.24, 2.45) is 0 Å². The molecule has 140 valence electrons. The highest BCUT2D eigenvalue weighted by Gasteiger charge is 2.28. The minimum atomic E-state index is -0.279. The number of amides is 2. The molecule has 1 atom stereocenters. The van der Waals surface area contributed by atoms with Crippen molar-refractivity contribution in [1.82, 2.24) is 10.3 Å². The average Bonchev–Trinajstić information content (AvgIpc) is 2.67. The Balaban J connectivity index is 0.000000730. The standard InChI is InChI=1S/C16H20N2O3.C2H6.CH4O/c19-14-8-7-13(16(20)18-14)11-6-9-15(17-10-11)21-12-4-2-1-3-5-12;2*1-2/h6,9-10,12-13H,1-5,7-8H2,(H,18,19,20);1-2H3;2H,1H3. The van der Waals surface area contributed by atoms with E-state index in [4.69, 9.17) is 9.84 Å². The largest absolute Gasteiger partial charge is 0.474 e. The first-order valence-electron chi connectivity index (χ1n) is 9.13. The molecule has 6 nitrogen and oxygen atoms in total. The third-order valence-corrected chi connectivity index (χ3v) is 4.24. The van der Waals surface area contributed by atoms with Crippen LogP contribution < -0.4 is 10.1 Å². The molecule has 3 rings (SSSR count). The van der Waals surface area contributed by atoms with Gasteiger partial charge in [-0.2, -0.15) is 0 Å². The van der Waals surface area contributed by atoms with Gasteiger partial charge in [0.15, 0.2) is 0 Å². The molecule has 1 aromatic rings. The van der Waals surface area contributed by atoms with E-state index in [2.05, 4.69) is 10.3 Å². The Labute approximate surface area is 150 Å². The van der Waals surface area contributed by atoms with Gasteiger partial charge in [-0.3, -0.25) is 14.9 Å². The normalized spacial score (nSPS) is 20.4. The lowest BCUT2D eigenvalue weighted by Crippen LogP contribution is -2.39. The van der Waals surface area contributed by atoms with Crippen LogP contribution in [0.3, 0.4) is 0 Å². The summed E-state index contributed by atoms with van der Waals surface area (Å²) in [5, 5.41) is 9.37. The monoisotopic (exact) mass is 350 g/mol.